The normalized spacial score (nSPS) is 12.2. The highest BCUT2D eigenvalue weighted by atomic mass is 32.2. The Bertz CT molecular complexity index is 847. The molecule has 0 saturated carbocycles. The van der Waals surface area contributed by atoms with Crippen LogP contribution >= 0.6 is 11.8 Å². The number of hydrogen-bond acceptors (Lipinski definition) is 5. The smallest absolute Gasteiger partial charge is 0.316 e. The van der Waals surface area contributed by atoms with Crippen molar-refractivity contribution in [1.82, 2.24) is 9.55 Å². The standard InChI is InChI=1S/C21H29N3O3S/c1-5-19-23-15(4)13-20(25)24(19)11-10-22-16-6-8-17(9-7-16)28-18(21(26)27)12-14(2)3/h6-9,13-14,18,22H,5,10-12H2,1-4H3,(H,26,27). The van der Waals surface area contributed by atoms with Crippen LogP contribution in [0.3, 0.4) is 0 Å². The fraction of sp³-hybridized carbons (Fsp3) is 0.476. The number of thioether (sulfide) groups is 1. The highest BCUT2D eigenvalue weighted by Gasteiger charge is 2.20. The number of carboxylic acid groups (broad SMARTS) is 1. The zero-order chi connectivity index (χ0) is 20.7. The van der Waals surface area contributed by atoms with Crippen molar-refractivity contribution in [2.75, 3.05) is 11.9 Å². The molecule has 0 amide bonds. The quantitative estimate of drug-likeness (QED) is 0.587. The summed E-state index contributed by atoms with van der Waals surface area (Å²) in [5.41, 5.74) is 1.66. The number of aromatic nitrogens is 2. The number of hydrogen-bond donors (Lipinski definition) is 2. The Morgan fingerprint density at radius 3 is 2.54 bits per heavy atom. The fourth-order valence-corrected chi connectivity index (χ4v) is 4.15. The van der Waals surface area contributed by atoms with Gasteiger partial charge in [-0.25, -0.2) is 4.98 Å². The Morgan fingerprint density at radius 2 is 1.96 bits per heavy atom. The summed E-state index contributed by atoms with van der Waals surface area (Å²) in [5.74, 6) is 0.357. The molecule has 0 spiro atoms. The zero-order valence-electron chi connectivity index (χ0n) is 16.9. The van der Waals surface area contributed by atoms with Gasteiger partial charge in [0, 0.05) is 41.9 Å². The maximum atomic E-state index is 12.2. The van der Waals surface area contributed by atoms with Crippen molar-refractivity contribution >= 4 is 23.4 Å². The summed E-state index contributed by atoms with van der Waals surface area (Å²) in [6, 6.07) is 9.29. The minimum Gasteiger partial charge on any atom is -0.480 e. The van der Waals surface area contributed by atoms with Gasteiger partial charge in [0.15, 0.2) is 0 Å². The molecule has 2 rings (SSSR count). The zero-order valence-corrected chi connectivity index (χ0v) is 17.8. The lowest BCUT2D eigenvalue weighted by Gasteiger charge is -2.15. The van der Waals surface area contributed by atoms with Crippen LogP contribution in [0.25, 0.3) is 0 Å². The van der Waals surface area contributed by atoms with Crippen molar-refractivity contribution in [3.05, 3.63) is 52.2 Å². The summed E-state index contributed by atoms with van der Waals surface area (Å²) in [4.78, 5) is 29.0. The van der Waals surface area contributed by atoms with Gasteiger partial charge < -0.3 is 10.4 Å². The predicted octanol–water partition coefficient (Wildman–Crippen LogP) is 3.82. The first-order valence-corrected chi connectivity index (χ1v) is 10.5. The molecule has 1 atom stereocenters. The van der Waals surface area contributed by atoms with Crippen LogP contribution in [0.5, 0.6) is 0 Å². The van der Waals surface area contributed by atoms with Crippen LogP contribution in [0.15, 0.2) is 40.0 Å². The van der Waals surface area contributed by atoms with Crippen molar-refractivity contribution in [3.63, 3.8) is 0 Å². The molecule has 1 unspecified atom stereocenters. The second-order valence-electron chi connectivity index (χ2n) is 7.18. The highest BCUT2D eigenvalue weighted by molar-refractivity contribution is 8.00. The van der Waals surface area contributed by atoms with E-state index in [0.29, 0.717) is 31.8 Å². The molecule has 1 aromatic carbocycles. The third kappa shape index (κ3) is 6.41. The van der Waals surface area contributed by atoms with E-state index in [1.807, 2.05) is 52.0 Å². The molecule has 28 heavy (non-hydrogen) atoms. The largest absolute Gasteiger partial charge is 0.480 e. The number of carbonyl (C=O) groups is 1. The molecule has 0 fully saturated rings. The molecule has 7 heteroatoms. The monoisotopic (exact) mass is 403 g/mol. The van der Waals surface area contributed by atoms with Crippen molar-refractivity contribution in [3.8, 4) is 0 Å². The first-order chi connectivity index (χ1) is 13.3. The van der Waals surface area contributed by atoms with Crippen LogP contribution in [-0.2, 0) is 17.8 Å². The Balaban J connectivity index is 1.95. The molecule has 1 aromatic heterocycles. The van der Waals surface area contributed by atoms with Crippen LogP contribution in [-0.4, -0.2) is 32.4 Å². The first-order valence-electron chi connectivity index (χ1n) is 9.61. The van der Waals surface area contributed by atoms with E-state index in [-0.39, 0.29) is 5.56 Å². The average Bonchev–Trinajstić information content (AvgIpc) is 2.63. The molecule has 0 saturated heterocycles. The van der Waals surface area contributed by atoms with E-state index in [2.05, 4.69) is 10.3 Å². The van der Waals surface area contributed by atoms with E-state index in [4.69, 9.17) is 0 Å². The van der Waals surface area contributed by atoms with E-state index in [1.165, 1.54) is 11.8 Å². The molecular formula is C21H29N3O3S. The van der Waals surface area contributed by atoms with Gasteiger partial charge in [-0.1, -0.05) is 20.8 Å². The molecule has 2 aromatic rings. The van der Waals surface area contributed by atoms with Crippen molar-refractivity contribution in [2.45, 2.75) is 57.2 Å². The van der Waals surface area contributed by atoms with Crippen LogP contribution in [0.1, 0.15) is 38.7 Å². The average molecular weight is 404 g/mol. The number of anilines is 1. The summed E-state index contributed by atoms with van der Waals surface area (Å²) in [7, 11) is 0. The Morgan fingerprint density at radius 1 is 1.29 bits per heavy atom. The topological polar surface area (TPSA) is 84.2 Å². The maximum absolute atomic E-state index is 12.2. The van der Waals surface area contributed by atoms with Gasteiger partial charge in [0.1, 0.15) is 11.1 Å². The van der Waals surface area contributed by atoms with E-state index < -0.39 is 11.2 Å². The van der Waals surface area contributed by atoms with Crippen molar-refractivity contribution in [2.24, 2.45) is 5.92 Å². The third-order valence-corrected chi connectivity index (χ3v) is 5.51. The number of rotatable bonds is 10. The number of benzene rings is 1. The van der Waals surface area contributed by atoms with Crippen LogP contribution < -0.4 is 10.9 Å². The van der Waals surface area contributed by atoms with Gasteiger partial charge in [-0.15, -0.1) is 11.8 Å². The summed E-state index contributed by atoms with van der Waals surface area (Å²) >= 11 is 1.38. The molecule has 1 heterocycles. The number of aliphatic carboxylic acids is 1. The lowest BCUT2D eigenvalue weighted by Crippen LogP contribution is -2.27. The molecule has 0 bridgehead atoms. The van der Waals surface area contributed by atoms with Crippen LogP contribution in [0.2, 0.25) is 0 Å². The maximum Gasteiger partial charge on any atom is 0.316 e. The molecule has 0 aliphatic rings. The van der Waals surface area contributed by atoms with Gasteiger partial charge in [-0.3, -0.25) is 14.2 Å². The minimum atomic E-state index is -0.773. The van der Waals surface area contributed by atoms with Gasteiger partial charge in [0.2, 0.25) is 0 Å². The molecule has 152 valence electrons. The van der Waals surface area contributed by atoms with Gasteiger partial charge in [0.25, 0.3) is 5.56 Å². The number of aryl methyl sites for hydroxylation is 2. The highest BCUT2D eigenvalue weighted by Crippen LogP contribution is 2.28. The molecule has 0 aliphatic heterocycles. The third-order valence-electron chi connectivity index (χ3n) is 4.29. The number of nitrogens with zero attached hydrogens (tertiary/aromatic N) is 2. The Kier molecular flexibility index (Phi) is 8.11. The molecule has 2 N–H and O–H groups in total. The number of carboxylic acids is 1. The van der Waals surface area contributed by atoms with Gasteiger partial charge in [-0.05, 0) is 43.5 Å². The second-order valence-corrected chi connectivity index (χ2v) is 8.46. The second kappa shape index (κ2) is 10.3. The SMILES string of the molecule is CCc1nc(C)cc(=O)n1CCNc1ccc(SC(CC(C)C)C(=O)O)cc1. The summed E-state index contributed by atoms with van der Waals surface area (Å²) in [6.07, 6.45) is 1.35. The van der Waals surface area contributed by atoms with E-state index in [9.17, 15) is 14.7 Å². The fourth-order valence-electron chi connectivity index (χ4n) is 2.94. The van der Waals surface area contributed by atoms with E-state index >= 15 is 0 Å². The molecule has 0 aliphatic carbocycles. The molecule has 0 radical (unpaired) electrons. The van der Waals surface area contributed by atoms with Crippen molar-refractivity contribution in [1.29, 1.82) is 0 Å². The van der Waals surface area contributed by atoms with Crippen LogP contribution in [0.4, 0.5) is 5.69 Å². The molecular weight excluding hydrogens is 374 g/mol. The molecule has 6 nitrogen and oxygen atoms in total. The lowest BCUT2D eigenvalue weighted by molar-refractivity contribution is -0.136. The van der Waals surface area contributed by atoms with E-state index in [0.717, 1.165) is 22.1 Å². The van der Waals surface area contributed by atoms with Gasteiger partial charge in [0.05, 0.1) is 0 Å². The summed E-state index contributed by atoms with van der Waals surface area (Å²) in [6.45, 7) is 9.03. The number of nitrogens with one attached hydrogen (secondary N) is 1. The van der Waals surface area contributed by atoms with E-state index in [1.54, 1.807) is 10.6 Å². The lowest BCUT2D eigenvalue weighted by atomic mass is 10.1. The predicted molar refractivity (Wildman–Crippen MR) is 114 cm³/mol. The minimum absolute atomic E-state index is 0.0252. The summed E-state index contributed by atoms with van der Waals surface area (Å²) < 4.78 is 1.70. The van der Waals surface area contributed by atoms with Gasteiger partial charge >= 0.3 is 5.97 Å². The first kappa shape index (κ1) is 22.0. The van der Waals surface area contributed by atoms with Gasteiger partial charge in [-0.2, -0.15) is 0 Å². The summed E-state index contributed by atoms with van der Waals surface area (Å²) in [5, 5.41) is 12.2. The Labute approximate surface area is 170 Å². The Hall–Kier alpha value is -2.28. The van der Waals surface area contributed by atoms with Crippen LogP contribution in [0, 0.1) is 12.8 Å². The van der Waals surface area contributed by atoms with Crippen molar-refractivity contribution < 1.29 is 9.90 Å².